The number of rotatable bonds is 5. The van der Waals surface area contributed by atoms with Crippen molar-refractivity contribution in [3.8, 4) is 11.1 Å². The Morgan fingerprint density at radius 2 is 1.76 bits per heavy atom. The van der Waals surface area contributed by atoms with Gasteiger partial charge in [0.15, 0.2) is 0 Å². The number of aromatic nitrogens is 2. The Bertz CT molecular complexity index is 731. The predicted molar refractivity (Wildman–Crippen MR) is 83.5 cm³/mol. The number of hydrogen-bond acceptors (Lipinski definition) is 2. The molecule has 0 amide bonds. The molecular weight excluding hydrogens is 265 g/mol. The van der Waals surface area contributed by atoms with Gasteiger partial charge in [-0.3, -0.25) is 0 Å². The maximum Gasteiger partial charge on any atom is 0.123 e. The van der Waals surface area contributed by atoms with Crippen molar-refractivity contribution in [2.24, 2.45) is 5.73 Å². The van der Waals surface area contributed by atoms with E-state index in [1.807, 2.05) is 12.1 Å². The van der Waals surface area contributed by atoms with E-state index in [0.29, 0.717) is 0 Å². The normalized spacial score (nSPS) is 11.1. The third-order valence-corrected chi connectivity index (χ3v) is 3.58. The number of imidazole rings is 1. The lowest BCUT2D eigenvalue weighted by molar-refractivity contribution is 0.628. The average Bonchev–Trinajstić information content (AvgIpc) is 2.90. The first-order chi connectivity index (χ1) is 10.3. The van der Waals surface area contributed by atoms with Crippen LogP contribution in [0.5, 0.6) is 0 Å². The van der Waals surface area contributed by atoms with Crippen molar-refractivity contribution in [2.75, 3.05) is 6.54 Å². The predicted octanol–water partition coefficient (Wildman–Crippen LogP) is 3.65. The van der Waals surface area contributed by atoms with Crippen LogP contribution in [0.25, 0.3) is 22.2 Å². The highest BCUT2D eigenvalue weighted by Gasteiger charge is 2.05. The highest BCUT2D eigenvalue weighted by atomic mass is 19.1. The molecule has 0 unspecified atom stereocenters. The van der Waals surface area contributed by atoms with Crippen LogP contribution in [0.3, 0.4) is 0 Å². The van der Waals surface area contributed by atoms with Crippen LogP contribution in [0, 0.1) is 5.82 Å². The maximum absolute atomic E-state index is 13.0. The molecule has 0 fully saturated rings. The first kappa shape index (κ1) is 13.8. The van der Waals surface area contributed by atoms with Crippen molar-refractivity contribution in [1.82, 2.24) is 9.97 Å². The molecule has 0 spiro atoms. The SMILES string of the molecule is NCCCCc1nc2ccc(-c3ccc(F)cc3)cc2[nH]1. The van der Waals surface area contributed by atoms with Gasteiger partial charge in [0.25, 0.3) is 0 Å². The monoisotopic (exact) mass is 283 g/mol. The molecule has 3 nitrogen and oxygen atoms in total. The molecule has 3 N–H and O–H groups in total. The first-order valence-corrected chi connectivity index (χ1v) is 7.21. The third kappa shape index (κ3) is 3.11. The van der Waals surface area contributed by atoms with Gasteiger partial charge >= 0.3 is 0 Å². The lowest BCUT2D eigenvalue weighted by atomic mass is 10.1. The van der Waals surface area contributed by atoms with Gasteiger partial charge in [-0.2, -0.15) is 0 Å². The van der Waals surface area contributed by atoms with Gasteiger partial charge in [0.05, 0.1) is 11.0 Å². The summed E-state index contributed by atoms with van der Waals surface area (Å²) in [5.41, 5.74) is 9.53. The van der Waals surface area contributed by atoms with Crippen molar-refractivity contribution in [3.63, 3.8) is 0 Å². The smallest absolute Gasteiger partial charge is 0.123 e. The fourth-order valence-corrected chi connectivity index (χ4v) is 2.44. The fourth-order valence-electron chi connectivity index (χ4n) is 2.44. The van der Waals surface area contributed by atoms with Crippen molar-refractivity contribution in [1.29, 1.82) is 0 Å². The van der Waals surface area contributed by atoms with E-state index in [9.17, 15) is 4.39 Å². The molecule has 0 aliphatic rings. The lowest BCUT2D eigenvalue weighted by Gasteiger charge is -2.01. The Labute approximate surface area is 123 Å². The summed E-state index contributed by atoms with van der Waals surface area (Å²) in [5.74, 6) is 0.776. The highest BCUT2D eigenvalue weighted by Crippen LogP contribution is 2.24. The van der Waals surface area contributed by atoms with E-state index in [-0.39, 0.29) is 5.82 Å². The molecule has 0 radical (unpaired) electrons. The van der Waals surface area contributed by atoms with Crippen molar-refractivity contribution < 1.29 is 4.39 Å². The Hall–Kier alpha value is -2.20. The van der Waals surface area contributed by atoms with Crippen LogP contribution in [0.4, 0.5) is 4.39 Å². The summed E-state index contributed by atoms with van der Waals surface area (Å²) in [5, 5.41) is 0. The Morgan fingerprint density at radius 3 is 2.52 bits per heavy atom. The van der Waals surface area contributed by atoms with Crippen LogP contribution < -0.4 is 5.73 Å². The van der Waals surface area contributed by atoms with Crippen LogP contribution in [0.1, 0.15) is 18.7 Å². The average molecular weight is 283 g/mol. The molecule has 0 aliphatic carbocycles. The summed E-state index contributed by atoms with van der Waals surface area (Å²) in [6.45, 7) is 0.717. The molecule has 2 aromatic carbocycles. The zero-order valence-corrected chi connectivity index (χ0v) is 11.8. The van der Waals surface area contributed by atoms with Crippen LogP contribution in [0.2, 0.25) is 0 Å². The van der Waals surface area contributed by atoms with Gasteiger partial charge in [0.2, 0.25) is 0 Å². The molecule has 3 aromatic rings. The number of halogens is 1. The maximum atomic E-state index is 13.0. The molecule has 0 aliphatic heterocycles. The third-order valence-electron chi connectivity index (χ3n) is 3.58. The lowest BCUT2D eigenvalue weighted by Crippen LogP contribution is -1.99. The van der Waals surface area contributed by atoms with E-state index in [1.165, 1.54) is 12.1 Å². The minimum Gasteiger partial charge on any atom is -0.342 e. The standard InChI is InChI=1S/C17H18FN3/c18-14-7-4-12(5-8-14)13-6-9-15-16(11-13)21-17(20-15)3-1-2-10-19/h4-9,11H,1-3,10,19H2,(H,20,21). The van der Waals surface area contributed by atoms with Crippen molar-refractivity contribution >= 4 is 11.0 Å². The quantitative estimate of drug-likeness (QED) is 0.702. The number of hydrogen-bond donors (Lipinski definition) is 2. The summed E-state index contributed by atoms with van der Waals surface area (Å²) in [6.07, 6.45) is 2.97. The van der Waals surface area contributed by atoms with E-state index in [1.54, 1.807) is 12.1 Å². The van der Waals surface area contributed by atoms with Gasteiger partial charge in [-0.1, -0.05) is 18.2 Å². The number of H-pyrrole nitrogens is 1. The molecule has 1 heterocycles. The second kappa shape index (κ2) is 6.06. The zero-order valence-electron chi connectivity index (χ0n) is 11.8. The molecule has 3 rings (SSSR count). The second-order valence-electron chi connectivity index (χ2n) is 5.17. The second-order valence-corrected chi connectivity index (χ2v) is 5.17. The highest BCUT2D eigenvalue weighted by molar-refractivity contribution is 5.81. The van der Waals surface area contributed by atoms with Gasteiger partial charge in [-0.25, -0.2) is 9.37 Å². The topological polar surface area (TPSA) is 54.7 Å². The largest absolute Gasteiger partial charge is 0.342 e. The number of nitrogens with two attached hydrogens (primary N) is 1. The van der Waals surface area contributed by atoms with E-state index in [0.717, 1.165) is 53.8 Å². The molecule has 0 bridgehead atoms. The summed E-state index contributed by atoms with van der Waals surface area (Å²) in [7, 11) is 0. The van der Waals surface area contributed by atoms with Gasteiger partial charge in [0, 0.05) is 6.42 Å². The van der Waals surface area contributed by atoms with Crippen LogP contribution >= 0.6 is 0 Å². The summed E-state index contributed by atoms with van der Waals surface area (Å²) < 4.78 is 13.0. The number of nitrogens with zero attached hydrogens (tertiary/aromatic N) is 1. The minimum absolute atomic E-state index is 0.219. The Morgan fingerprint density at radius 1 is 1.00 bits per heavy atom. The van der Waals surface area contributed by atoms with E-state index >= 15 is 0 Å². The summed E-state index contributed by atoms with van der Waals surface area (Å²) >= 11 is 0. The molecular formula is C17H18FN3. The van der Waals surface area contributed by atoms with E-state index in [4.69, 9.17) is 5.73 Å². The van der Waals surface area contributed by atoms with Gasteiger partial charge in [-0.05, 0) is 54.8 Å². The number of fused-ring (bicyclic) bond motifs is 1. The van der Waals surface area contributed by atoms with Gasteiger partial charge in [-0.15, -0.1) is 0 Å². The molecule has 0 saturated heterocycles. The minimum atomic E-state index is -0.219. The van der Waals surface area contributed by atoms with Crippen LogP contribution in [0.15, 0.2) is 42.5 Å². The van der Waals surface area contributed by atoms with Crippen LogP contribution in [-0.2, 0) is 6.42 Å². The Balaban J connectivity index is 1.87. The Kier molecular flexibility index (Phi) is 3.97. The first-order valence-electron chi connectivity index (χ1n) is 7.21. The van der Waals surface area contributed by atoms with E-state index in [2.05, 4.69) is 16.0 Å². The number of aryl methyl sites for hydroxylation is 1. The van der Waals surface area contributed by atoms with Crippen LogP contribution in [-0.4, -0.2) is 16.5 Å². The molecule has 0 atom stereocenters. The fraction of sp³-hybridized carbons (Fsp3) is 0.235. The molecule has 108 valence electrons. The molecule has 4 heteroatoms. The number of aromatic amines is 1. The zero-order chi connectivity index (χ0) is 14.7. The molecule has 0 saturated carbocycles. The van der Waals surface area contributed by atoms with Crippen molar-refractivity contribution in [3.05, 3.63) is 54.1 Å². The van der Waals surface area contributed by atoms with Crippen molar-refractivity contribution in [2.45, 2.75) is 19.3 Å². The number of benzene rings is 2. The number of unbranched alkanes of at least 4 members (excludes halogenated alkanes) is 1. The number of nitrogens with one attached hydrogen (secondary N) is 1. The summed E-state index contributed by atoms with van der Waals surface area (Å²) in [4.78, 5) is 7.93. The molecule has 21 heavy (non-hydrogen) atoms. The summed E-state index contributed by atoms with van der Waals surface area (Å²) in [6, 6.07) is 12.6. The van der Waals surface area contributed by atoms with Gasteiger partial charge < -0.3 is 10.7 Å². The van der Waals surface area contributed by atoms with E-state index < -0.39 is 0 Å². The van der Waals surface area contributed by atoms with Gasteiger partial charge in [0.1, 0.15) is 11.6 Å². The molecule has 1 aromatic heterocycles.